The van der Waals surface area contributed by atoms with Gasteiger partial charge in [-0.05, 0) is 37.3 Å². The number of sulfone groups is 1. The highest BCUT2D eigenvalue weighted by Gasteiger charge is 2.18. The predicted molar refractivity (Wildman–Crippen MR) is 105 cm³/mol. The Balaban J connectivity index is 2.05. The van der Waals surface area contributed by atoms with Crippen LogP contribution in [0.2, 0.25) is 0 Å². The first-order valence-corrected chi connectivity index (χ1v) is 9.90. The summed E-state index contributed by atoms with van der Waals surface area (Å²) in [7, 11) is -2.42. The number of nitriles is 1. The van der Waals surface area contributed by atoms with Crippen molar-refractivity contribution in [2.24, 2.45) is 17.3 Å². The number of rotatable bonds is 4. The lowest BCUT2D eigenvalue weighted by Gasteiger charge is -2.08. The molecule has 146 valence electrons. The van der Waals surface area contributed by atoms with E-state index in [1.165, 1.54) is 44.3 Å². The molecule has 2 aromatic carbocycles. The Bertz CT molecular complexity index is 1320. The van der Waals surface area contributed by atoms with Crippen LogP contribution in [-0.4, -0.2) is 18.1 Å². The molecule has 0 saturated carbocycles. The lowest BCUT2D eigenvalue weighted by atomic mass is 10.1. The van der Waals surface area contributed by atoms with Gasteiger partial charge < -0.3 is 5.11 Å². The highest BCUT2D eigenvalue weighted by atomic mass is 32.2. The van der Waals surface area contributed by atoms with Gasteiger partial charge in [0.25, 0.3) is 5.56 Å². The van der Waals surface area contributed by atoms with Crippen molar-refractivity contribution in [2.75, 3.05) is 0 Å². The number of pyridine rings is 1. The van der Waals surface area contributed by atoms with E-state index in [-0.39, 0.29) is 32.3 Å². The lowest BCUT2D eigenvalue weighted by molar-refractivity contribution is 0.421. The van der Waals surface area contributed by atoms with Crippen LogP contribution in [0.3, 0.4) is 0 Å². The van der Waals surface area contributed by atoms with Gasteiger partial charge in [0, 0.05) is 12.6 Å². The third kappa shape index (κ3) is 3.66. The Labute approximate surface area is 166 Å². The van der Waals surface area contributed by atoms with Crippen LogP contribution in [0.15, 0.2) is 79.4 Å². The summed E-state index contributed by atoms with van der Waals surface area (Å²) in [6, 6.07) is 15.7. The molecule has 0 aliphatic heterocycles. The number of nitrogens with zero attached hydrogens (tertiary/aromatic N) is 4. The van der Waals surface area contributed by atoms with Crippen LogP contribution >= 0.6 is 0 Å². The number of aromatic hydroxyl groups is 1. The fourth-order valence-electron chi connectivity index (χ4n) is 2.68. The lowest BCUT2D eigenvalue weighted by Crippen LogP contribution is -2.18. The quantitative estimate of drug-likeness (QED) is 0.661. The molecule has 1 N–H and O–H groups in total. The van der Waals surface area contributed by atoms with Gasteiger partial charge in [-0.3, -0.25) is 9.36 Å². The number of hydrogen-bond acceptors (Lipinski definition) is 7. The Morgan fingerprint density at radius 3 is 2.34 bits per heavy atom. The van der Waals surface area contributed by atoms with E-state index in [0.29, 0.717) is 0 Å². The number of hydrogen-bond donors (Lipinski definition) is 1. The predicted octanol–water partition coefficient (Wildman–Crippen LogP) is 3.52. The summed E-state index contributed by atoms with van der Waals surface area (Å²) < 4.78 is 26.4. The third-order valence-corrected chi connectivity index (χ3v) is 6.10. The van der Waals surface area contributed by atoms with E-state index < -0.39 is 21.3 Å². The molecule has 0 spiro atoms. The van der Waals surface area contributed by atoms with Crippen molar-refractivity contribution in [2.45, 2.75) is 16.7 Å². The SMILES string of the molecule is Cc1c(C#N)c(O)n(C)c(=O)c1N=Nc1cccc(S(=O)(=O)c2ccccc2)c1. The summed E-state index contributed by atoms with van der Waals surface area (Å²) in [5.74, 6) is -0.454. The van der Waals surface area contributed by atoms with Crippen LogP contribution in [0.25, 0.3) is 0 Å². The van der Waals surface area contributed by atoms with E-state index in [1.54, 1.807) is 24.3 Å². The van der Waals surface area contributed by atoms with Crippen LogP contribution < -0.4 is 5.56 Å². The van der Waals surface area contributed by atoms with Crippen molar-refractivity contribution >= 4 is 21.2 Å². The average molecular weight is 408 g/mol. The fraction of sp³-hybridized carbons (Fsp3) is 0.100. The molecule has 0 bridgehead atoms. The second kappa shape index (κ2) is 7.69. The molecular formula is C20H16N4O4S. The minimum atomic E-state index is -3.73. The van der Waals surface area contributed by atoms with E-state index in [9.17, 15) is 23.6 Å². The van der Waals surface area contributed by atoms with Gasteiger partial charge >= 0.3 is 0 Å². The molecule has 0 aliphatic carbocycles. The van der Waals surface area contributed by atoms with Crippen molar-refractivity contribution in [1.29, 1.82) is 5.26 Å². The van der Waals surface area contributed by atoms with Crippen molar-refractivity contribution in [3.05, 3.63) is 76.1 Å². The van der Waals surface area contributed by atoms with Gasteiger partial charge in [-0.2, -0.15) is 10.4 Å². The molecule has 0 unspecified atom stereocenters. The highest BCUT2D eigenvalue weighted by Crippen LogP contribution is 2.28. The van der Waals surface area contributed by atoms with Crippen LogP contribution in [0.4, 0.5) is 11.4 Å². The summed E-state index contributed by atoms with van der Waals surface area (Å²) in [6.45, 7) is 1.48. The zero-order valence-electron chi connectivity index (χ0n) is 15.6. The van der Waals surface area contributed by atoms with Gasteiger partial charge in [0.15, 0.2) is 5.69 Å². The van der Waals surface area contributed by atoms with Crippen LogP contribution in [0.1, 0.15) is 11.1 Å². The molecule has 3 aromatic rings. The van der Waals surface area contributed by atoms with E-state index in [0.717, 1.165) is 4.57 Å². The standard InChI is InChI=1S/C20H16N4O4S/c1-13-17(12-21)19(25)24(2)20(26)18(13)23-22-14-7-6-10-16(11-14)29(27,28)15-8-4-3-5-9-15/h3-11,25H,1-2H3. The molecule has 0 fully saturated rings. The summed E-state index contributed by atoms with van der Waals surface area (Å²) in [5, 5.41) is 27.0. The first-order chi connectivity index (χ1) is 13.8. The molecule has 0 radical (unpaired) electrons. The van der Waals surface area contributed by atoms with Crippen molar-refractivity contribution < 1.29 is 13.5 Å². The van der Waals surface area contributed by atoms with E-state index in [1.807, 2.05) is 6.07 Å². The molecule has 29 heavy (non-hydrogen) atoms. The summed E-state index contributed by atoms with van der Waals surface area (Å²) in [6.07, 6.45) is 0. The Morgan fingerprint density at radius 2 is 1.69 bits per heavy atom. The normalized spacial score (nSPS) is 11.5. The van der Waals surface area contributed by atoms with Gasteiger partial charge in [0.1, 0.15) is 11.6 Å². The molecule has 1 aromatic heterocycles. The molecule has 0 aliphatic rings. The largest absolute Gasteiger partial charge is 0.493 e. The van der Waals surface area contributed by atoms with E-state index in [4.69, 9.17) is 0 Å². The zero-order chi connectivity index (χ0) is 21.2. The molecular weight excluding hydrogens is 392 g/mol. The minimum Gasteiger partial charge on any atom is -0.493 e. The maximum atomic E-state index is 12.7. The van der Waals surface area contributed by atoms with Gasteiger partial charge in [-0.25, -0.2) is 8.42 Å². The average Bonchev–Trinajstić information content (AvgIpc) is 2.73. The minimum absolute atomic E-state index is 0.0354. The number of benzene rings is 2. The van der Waals surface area contributed by atoms with Crippen molar-refractivity contribution in [3.8, 4) is 11.9 Å². The van der Waals surface area contributed by atoms with Crippen LogP contribution in [-0.2, 0) is 16.9 Å². The Kier molecular flexibility index (Phi) is 5.30. The first kappa shape index (κ1) is 20.0. The number of azo groups is 1. The highest BCUT2D eigenvalue weighted by molar-refractivity contribution is 7.91. The topological polar surface area (TPSA) is 125 Å². The summed E-state index contributed by atoms with van der Waals surface area (Å²) >= 11 is 0. The van der Waals surface area contributed by atoms with E-state index >= 15 is 0 Å². The van der Waals surface area contributed by atoms with Crippen molar-refractivity contribution in [1.82, 2.24) is 4.57 Å². The monoisotopic (exact) mass is 408 g/mol. The second-order valence-electron chi connectivity index (χ2n) is 6.16. The molecule has 3 rings (SSSR count). The summed E-state index contributed by atoms with van der Waals surface area (Å²) in [5.41, 5.74) is -0.421. The van der Waals surface area contributed by atoms with Gasteiger partial charge in [-0.15, -0.1) is 5.11 Å². The zero-order valence-corrected chi connectivity index (χ0v) is 16.4. The Morgan fingerprint density at radius 1 is 1.03 bits per heavy atom. The molecule has 8 nitrogen and oxygen atoms in total. The number of aromatic nitrogens is 1. The molecule has 1 heterocycles. The second-order valence-corrected chi connectivity index (χ2v) is 8.11. The van der Waals surface area contributed by atoms with E-state index in [2.05, 4.69) is 10.2 Å². The fourth-order valence-corrected chi connectivity index (χ4v) is 4.00. The van der Waals surface area contributed by atoms with Gasteiger partial charge in [0.05, 0.1) is 15.5 Å². The molecule has 9 heteroatoms. The summed E-state index contributed by atoms with van der Waals surface area (Å²) in [4.78, 5) is 12.5. The molecule has 0 atom stereocenters. The Hall–Kier alpha value is -3.77. The van der Waals surface area contributed by atoms with Gasteiger partial charge in [0.2, 0.25) is 15.7 Å². The van der Waals surface area contributed by atoms with Crippen LogP contribution in [0, 0.1) is 18.3 Å². The smallest absolute Gasteiger partial charge is 0.281 e. The third-order valence-electron chi connectivity index (χ3n) is 4.34. The van der Waals surface area contributed by atoms with Crippen molar-refractivity contribution in [3.63, 3.8) is 0 Å². The maximum Gasteiger partial charge on any atom is 0.281 e. The van der Waals surface area contributed by atoms with Crippen LogP contribution in [0.5, 0.6) is 5.88 Å². The first-order valence-electron chi connectivity index (χ1n) is 8.42. The molecule has 0 amide bonds. The maximum absolute atomic E-state index is 12.7. The molecule has 0 saturated heterocycles. The van der Waals surface area contributed by atoms with Gasteiger partial charge in [-0.1, -0.05) is 24.3 Å².